The molecule has 0 saturated heterocycles. The molecule has 0 spiro atoms. The molecule has 3 nitrogen and oxygen atoms in total. The van der Waals surface area contributed by atoms with Gasteiger partial charge in [-0.15, -0.1) is 0 Å². The summed E-state index contributed by atoms with van der Waals surface area (Å²) in [5, 5.41) is 2.85. The van der Waals surface area contributed by atoms with Crippen molar-refractivity contribution < 1.29 is 27.1 Å². The lowest BCUT2D eigenvalue weighted by Gasteiger charge is -2.18. The minimum absolute atomic E-state index is 0.0881. The maximum absolute atomic E-state index is 13.4. The van der Waals surface area contributed by atoms with Gasteiger partial charge in [0.05, 0.1) is 12.7 Å². The predicted octanol–water partition coefficient (Wildman–Crippen LogP) is 3.06. The van der Waals surface area contributed by atoms with Crippen molar-refractivity contribution in [2.75, 3.05) is 13.7 Å². The zero-order valence-corrected chi connectivity index (χ0v) is 11.3. The van der Waals surface area contributed by atoms with Crippen LogP contribution in [-0.4, -0.2) is 19.6 Å². The molecule has 1 aliphatic rings. The average Bonchev–Trinajstić information content (AvgIpc) is 3.21. The van der Waals surface area contributed by atoms with Crippen LogP contribution in [0.2, 0.25) is 0 Å². The van der Waals surface area contributed by atoms with Crippen LogP contribution in [-0.2, 0) is 15.7 Å². The molecule has 0 radical (unpaired) electrons. The molecule has 0 bridgehead atoms. The Hall–Kier alpha value is -1.63. The van der Waals surface area contributed by atoms with E-state index in [1.165, 1.54) is 0 Å². The van der Waals surface area contributed by atoms with Crippen LogP contribution in [0.3, 0.4) is 0 Å². The van der Waals surface area contributed by atoms with Gasteiger partial charge >= 0.3 is 12.1 Å². The highest BCUT2D eigenvalue weighted by atomic mass is 19.4. The largest absolute Gasteiger partial charge is 0.468 e. The number of hydrogen-bond acceptors (Lipinski definition) is 3. The van der Waals surface area contributed by atoms with Crippen LogP contribution >= 0.6 is 0 Å². The van der Waals surface area contributed by atoms with E-state index < -0.39 is 29.6 Å². The molecule has 1 aromatic rings. The molecule has 116 valence electrons. The number of esters is 1. The summed E-state index contributed by atoms with van der Waals surface area (Å²) in [5.41, 5.74) is -1.21. The first-order valence-corrected chi connectivity index (χ1v) is 6.50. The van der Waals surface area contributed by atoms with Gasteiger partial charge in [-0.3, -0.25) is 0 Å². The van der Waals surface area contributed by atoms with Crippen molar-refractivity contribution in [3.63, 3.8) is 0 Å². The number of carbonyl (C=O) groups excluding carboxylic acids is 1. The minimum atomic E-state index is -4.67. The third-order valence-corrected chi connectivity index (χ3v) is 3.33. The molecule has 0 heterocycles. The van der Waals surface area contributed by atoms with Crippen molar-refractivity contribution >= 4 is 5.97 Å². The lowest BCUT2D eigenvalue weighted by molar-refractivity contribution is -0.144. The normalized spacial score (nSPS) is 16.6. The Kier molecular flexibility index (Phi) is 4.51. The van der Waals surface area contributed by atoms with Gasteiger partial charge in [0, 0.05) is 0 Å². The van der Waals surface area contributed by atoms with E-state index in [2.05, 4.69) is 10.1 Å². The second-order valence-corrected chi connectivity index (χ2v) is 5.08. The molecular formula is C14H15F4NO2. The fourth-order valence-corrected chi connectivity index (χ4v) is 2.00. The van der Waals surface area contributed by atoms with Gasteiger partial charge in [0.2, 0.25) is 0 Å². The summed E-state index contributed by atoms with van der Waals surface area (Å²) < 4.78 is 56.1. The van der Waals surface area contributed by atoms with Crippen LogP contribution in [0.15, 0.2) is 18.2 Å². The lowest BCUT2D eigenvalue weighted by atomic mass is 10.0. The van der Waals surface area contributed by atoms with Gasteiger partial charge in [0.15, 0.2) is 0 Å². The van der Waals surface area contributed by atoms with Crippen LogP contribution in [0, 0.1) is 11.7 Å². The Balaban J connectivity index is 2.28. The van der Waals surface area contributed by atoms with Crippen molar-refractivity contribution in [1.29, 1.82) is 0 Å². The van der Waals surface area contributed by atoms with Crippen molar-refractivity contribution in [2.24, 2.45) is 5.92 Å². The van der Waals surface area contributed by atoms with E-state index >= 15 is 0 Å². The second-order valence-electron chi connectivity index (χ2n) is 5.08. The summed E-state index contributed by atoms with van der Waals surface area (Å²) in [6, 6.07) is 0.979. The van der Waals surface area contributed by atoms with Gasteiger partial charge in [0.1, 0.15) is 11.9 Å². The van der Waals surface area contributed by atoms with Crippen LogP contribution in [0.5, 0.6) is 0 Å². The quantitative estimate of drug-likeness (QED) is 0.671. The number of rotatable bonds is 5. The fourth-order valence-electron chi connectivity index (χ4n) is 2.00. The Bertz CT molecular complexity index is 526. The molecule has 0 amide bonds. The van der Waals surface area contributed by atoms with Crippen molar-refractivity contribution in [3.8, 4) is 0 Å². The van der Waals surface area contributed by atoms with Gasteiger partial charge in [-0.05, 0) is 49.1 Å². The molecule has 1 fully saturated rings. The van der Waals surface area contributed by atoms with Gasteiger partial charge in [-0.2, -0.15) is 13.2 Å². The molecule has 21 heavy (non-hydrogen) atoms. The minimum Gasteiger partial charge on any atom is -0.468 e. The number of nitrogens with one attached hydrogen (secondary N) is 1. The number of alkyl halides is 3. The molecule has 1 atom stereocenters. The van der Waals surface area contributed by atoms with Crippen molar-refractivity contribution in [3.05, 3.63) is 35.1 Å². The molecule has 1 aliphatic carbocycles. The molecule has 2 rings (SSSR count). The number of methoxy groups -OCH3 is 1. The topological polar surface area (TPSA) is 38.3 Å². The average molecular weight is 305 g/mol. The molecule has 1 N–H and O–H groups in total. The standard InChI is InChI=1S/C14H15F4NO2/c1-21-13(20)12(19-7-8-2-3-8)9-4-10(14(16,17)18)6-11(15)5-9/h4-6,8,12,19H,2-3,7H2,1H3. The SMILES string of the molecule is COC(=O)C(NCC1CC1)c1cc(F)cc(C(F)(F)F)c1. The van der Waals surface area contributed by atoms with E-state index in [-0.39, 0.29) is 5.56 Å². The van der Waals surface area contributed by atoms with Gasteiger partial charge < -0.3 is 10.1 Å². The Morgan fingerprint density at radius 3 is 2.57 bits per heavy atom. The zero-order chi connectivity index (χ0) is 15.6. The second kappa shape index (κ2) is 6.01. The monoisotopic (exact) mass is 305 g/mol. The molecule has 1 aromatic carbocycles. The summed E-state index contributed by atoms with van der Waals surface area (Å²) >= 11 is 0. The van der Waals surface area contributed by atoms with Crippen LogP contribution < -0.4 is 5.32 Å². The van der Waals surface area contributed by atoms with Crippen LogP contribution in [0.4, 0.5) is 17.6 Å². The molecule has 1 unspecified atom stereocenters. The first-order chi connectivity index (χ1) is 9.81. The van der Waals surface area contributed by atoms with E-state index in [1.807, 2.05) is 0 Å². The van der Waals surface area contributed by atoms with Gasteiger partial charge in [-0.25, -0.2) is 9.18 Å². The van der Waals surface area contributed by atoms with Crippen molar-refractivity contribution in [1.82, 2.24) is 5.32 Å². The Morgan fingerprint density at radius 2 is 2.05 bits per heavy atom. The van der Waals surface area contributed by atoms with E-state index in [9.17, 15) is 22.4 Å². The first kappa shape index (κ1) is 15.8. The van der Waals surface area contributed by atoms with Gasteiger partial charge in [0.25, 0.3) is 0 Å². The Labute approximate surface area is 119 Å². The molecular weight excluding hydrogens is 290 g/mol. The smallest absolute Gasteiger partial charge is 0.416 e. The summed E-state index contributed by atoms with van der Waals surface area (Å²) in [6.45, 7) is 0.484. The predicted molar refractivity (Wildman–Crippen MR) is 66.9 cm³/mol. The summed E-state index contributed by atoms with van der Waals surface area (Å²) in [5.74, 6) is -1.37. The van der Waals surface area contributed by atoms with E-state index in [0.29, 0.717) is 18.5 Å². The number of halogens is 4. The Morgan fingerprint density at radius 1 is 1.38 bits per heavy atom. The number of hydrogen-bond donors (Lipinski definition) is 1. The number of benzene rings is 1. The maximum Gasteiger partial charge on any atom is 0.416 e. The number of ether oxygens (including phenoxy) is 1. The van der Waals surface area contributed by atoms with E-state index in [0.717, 1.165) is 32.1 Å². The van der Waals surface area contributed by atoms with Crippen LogP contribution in [0.25, 0.3) is 0 Å². The molecule has 1 saturated carbocycles. The molecule has 0 aliphatic heterocycles. The van der Waals surface area contributed by atoms with Crippen molar-refractivity contribution in [2.45, 2.75) is 25.1 Å². The third-order valence-electron chi connectivity index (χ3n) is 3.33. The van der Waals surface area contributed by atoms with E-state index in [1.54, 1.807) is 0 Å². The summed E-state index contributed by atoms with van der Waals surface area (Å²) in [4.78, 5) is 11.7. The highest BCUT2D eigenvalue weighted by Crippen LogP contribution is 2.33. The van der Waals surface area contributed by atoms with E-state index in [4.69, 9.17) is 0 Å². The fraction of sp³-hybridized carbons (Fsp3) is 0.500. The highest BCUT2D eigenvalue weighted by Gasteiger charge is 2.33. The third kappa shape index (κ3) is 4.17. The van der Waals surface area contributed by atoms with Crippen LogP contribution in [0.1, 0.15) is 30.0 Å². The summed E-state index contributed by atoms with van der Waals surface area (Å²) in [6.07, 6.45) is -2.65. The van der Waals surface area contributed by atoms with Gasteiger partial charge in [-0.1, -0.05) is 0 Å². The molecule has 0 aromatic heterocycles. The lowest BCUT2D eigenvalue weighted by Crippen LogP contribution is -2.31. The maximum atomic E-state index is 13.4. The summed E-state index contributed by atoms with van der Waals surface area (Å²) in [7, 11) is 1.14. The highest BCUT2D eigenvalue weighted by molar-refractivity contribution is 5.77. The molecule has 7 heteroatoms. The zero-order valence-electron chi connectivity index (χ0n) is 11.3. The number of carbonyl (C=O) groups is 1. The first-order valence-electron chi connectivity index (χ1n) is 6.50.